The molecule has 2 aromatic heterocycles. The molecule has 0 amide bonds. The van der Waals surface area contributed by atoms with Gasteiger partial charge < -0.3 is 14.0 Å². The molecule has 0 aliphatic rings. The number of allylic oxidation sites excluding steroid dienone is 1. The zero-order chi connectivity index (χ0) is 29.5. The highest BCUT2D eigenvalue weighted by atomic mass is 32.1. The second kappa shape index (κ2) is 12.9. The molecule has 0 spiro atoms. The second-order valence-electron chi connectivity index (χ2n) is 9.06. The van der Waals surface area contributed by atoms with Crippen molar-refractivity contribution in [3.8, 4) is 12.1 Å². The van der Waals surface area contributed by atoms with E-state index in [2.05, 4.69) is 6.07 Å². The Bertz CT molecular complexity index is 1760. The summed E-state index contributed by atoms with van der Waals surface area (Å²) in [6.45, 7) is 5.69. The van der Waals surface area contributed by atoms with Crippen LogP contribution < -0.4 is 0 Å². The molecule has 2 heterocycles. The lowest BCUT2D eigenvalue weighted by molar-refractivity contribution is -0.114. The molecule has 4 aromatic rings. The van der Waals surface area contributed by atoms with Crippen LogP contribution in [-0.4, -0.2) is 35.5 Å². The first-order valence-corrected chi connectivity index (χ1v) is 13.8. The first-order valence-electron chi connectivity index (χ1n) is 13.0. The Labute approximate surface area is 241 Å². The maximum Gasteiger partial charge on any atom is 0.348 e. The van der Waals surface area contributed by atoms with Crippen molar-refractivity contribution in [1.29, 1.82) is 10.5 Å². The van der Waals surface area contributed by atoms with Crippen LogP contribution in [0.5, 0.6) is 0 Å². The van der Waals surface area contributed by atoms with Crippen LogP contribution in [0.1, 0.15) is 61.0 Å². The second-order valence-corrected chi connectivity index (χ2v) is 10.2. The van der Waals surface area contributed by atoms with E-state index in [-0.39, 0.29) is 35.6 Å². The number of hydrogen-bond donors (Lipinski definition) is 0. The van der Waals surface area contributed by atoms with Gasteiger partial charge in [-0.15, -0.1) is 11.3 Å². The molecule has 0 aliphatic carbocycles. The first-order chi connectivity index (χ1) is 19.8. The van der Waals surface area contributed by atoms with Gasteiger partial charge in [-0.2, -0.15) is 10.5 Å². The van der Waals surface area contributed by atoms with Crippen LogP contribution in [0.15, 0.2) is 60.3 Å². The minimum Gasteiger partial charge on any atom is -0.462 e. The van der Waals surface area contributed by atoms with Crippen molar-refractivity contribution in [3.05, 3.63) is 97.9 Å². The van der Waals surface area contributed by atoms with E-state index in [0.717, 1.165) is 27.8 Å². The summed E-state index contributed by atoms with van der Waals surface area (Å²) in [6.07, 6.45) is 3.13. The fraction of sp³-hybridized carbons (Fsp3) is 0.219. The number of carbonyl (C=O) groups excluding carboxylic acids is 3. The molecule has 206 valence electrons. The van der Waals surface area contributed by atoms with E-state index in [0.29, 0.717) is 28.1 Å². The Kier molecular flexibility index (Phi) is 9.13. The van der Waals surface area contributed by atoms with Gasteiger partial charge in [0.1, 0.15) is 10.9 Å². The number of fused-ring (bicyclic) bond motifs is 1. The average molecular weight is 566 g/mol. The number of para-hydroxylation sites is 1. The Hall–Kier alpha value is -4.99. The van der Waals surface area contributed by atoms with Crippen LogP contribution >= 0.6 is 11.3 Å². The number of ether oxygens (including phenoxy) is 2. The summed E-state index contributed by atoms with van der Waals surface area (Å²) in [7, 11) is 0. The van der Waals surface area contributed by atoms with Crippen molar-refractivity contribution >= 4 is 46.0 Å². The highest BCUT2D eigenvalue weighted by Crippen LogP contribution is 2.32. The highest BCUT2D eigenvalue weighted by molar-refractivity contribution is 7.14. The fourth-order valence-corrected chi connectivity index (χ4v) is 5.79. The number of benzene rings is 2. The minimum absolute atomic E-state index is 0.0936. The Morgan fingerprint density at radius 3 is 2.37 bits per heavy atom. The third kappa shape index (κ3) is 6.11. The van der Waals surface area contributed by atoms with Crippen LogP contribution in [0.25, 0.3) is 17.0 Å². The zero-order valence-corrected chi connectivity index (χ0v) is 23.7. The maximum atomic E-state index is 13.4. The molecule has 0 N–H and O–H groups in total. The summed E-state index contributed by atoms with van der Waals surface area (Å²) < 4.78 is 12.3. The van der Waals surface area contributed by atoms with E-state index in [9.17, 15) is 24.9 Å². The number of Topliss-reactive ketones (excluding diaryl/α,β-unsaturated/α-hetero) is 1. The van der Waals surface area contributed by atoms with Crippen molar-refractivity contribution < 1.29 is 23.9 Å². The molecular weight excluding hydrogens is 538 g/mol. The van der Waals surface area contributed by atoms with Crippen LogP contribution in [0.3, 0.4) is 0 Å². The third-order valence-electron chi connectivity index (χ3n) is 6.50. The van der Waals surface area contributed by atoms with Gasteiger partial charge in [-0.3, -0.25) is 4.79 Å². The highest BCUT2D eigenvalue weighted by Gasteiger charge is 2.28. The molecule has 0 saturated carbocycles. The van der Waals surface area contributed by atoms with E-state index in [1.165, 1.54) is 6.08 Å². The predicted molar refractivity (Wildman–Crippen MR) is 155 cm³/mol. The molecule has 8 nitrogen and oxygen atoms in total. The molecule has 0 fully saturated rings. The smallest absolute Gasteiger partial charge is 0.348 e. The lowest BCUT2D eigenvalue weighted by Gasteiger charge is -2.07. The summed E-state index contributed by atoms with van der Waals surface area (Å²) in [5.41, 5.74) is 3.41. The molecule has 0 bridgehead atoms. The van der Waals surface area contributed by atoms with E-state index >= 15 is 0 Å². The van der Waals surface area contributed by atoms with Gasteiger partial charge in [-0.1, -0.05) is 36.4 Å². The van der Waals surface area contributed by atoms with Gasteiger partial charge in [0, 0.05) is 40.5 Å². The van der Waals surface area contributed by atoms with E-state index < -0.39 is 17.7 Å². The maximum absolute atomic E-state index is 13.4. The number of aromatic nitrogens is 1. The summed E-state index contributed by atoms with van der Waals surface area (Å²) in [5.74, 6) is -1.72. The van der Waals surface area contributed by atoms with E-state index in [1.807, 2.05) is 59.3 Å². The third-order valence-corrected chi connectivity index (χ3v) is 7.77. The number of ketones is 1. The normalized spacial score (nSPS) is 11.1. The number of nitriles is 2. The summed E-state index contributed by atoms with van der Waals surface area (Å²) in [6, 6.07) is 19.2. The molecule has 0 saturated heterocycles. The van der Waals surface area contributed by atoms with Gasteiger partial charge in [0.25, 0.3) is 0 Å². The topological polar surface area (TPSA) is 122 Å². The molecule has 2 aromatic carbocycles. The van der Waals surface area contributed by atoms with Crippen LogP contribution in [0.2, 0.25) is 0 Å². The quantitative estimate of drug-likeness (QED) is 0.131. The molecule has 4 rings (SSSR count). The van der Waals surface area contributed by atoms with Crippen LogP contribution in [0, 0.1) is 29.6 Å². The van der Waals surface area contributed by atoms with E-state index in [4.69, 9.17) is 9.47 Å². The van der Waals surface area contributed by atoms with Crippen LogP contribution in [-0.2, 0) is 27.2 Å². The van der Waals surface area contributed by atoms with Gasteiger partial charge >= 0.3 is 11.9 Å². The summed E-state index contributed by atoms with van der Waals surface area (Å²) >= 11 is 0.999. The number of thiophene rings is 1. The SMILES string of the molecule is CCOC(=O)c1sc(CC(=O)/C(C#N)=C/c2cn(Cc3ccccc3C#N)c3ccccc23)c(C(=O)OCC)c1C. The number of esters is 2. The Morgan fingerprint density at radius 2 is 1.66 bits per heavy atom. The molecule has 0 unspecified atom stereocenters. The predicted octanol–water partition coefficient (Wildman–Crippen LogP) is 6.00. The number of hydrogen-bond acceptors (Lipinski definition) is 8. The number of carbonyl (C=O) groups is 3. The molecule has 0 aliphatic heterocycles. The van der Waals surface area contributed by atoms with Crippen molar-refractivity contribution in [3.63, 3.8) is 0 Å². The Balaban J connectivity index is 1.71. The number of nitrogens with zero attached hydrogens (tertiary/aromatic N) is 3. The molecule has 9 heteroatoms. The molecule has 0 radical (unpaired) electrons. The van der Waals surface area contributed by atoms with Crippen molar-refractivity contribution in [2.45, 2.75) is 33.7 Å². The standard InChI is InChI=1S/C32H27N3O5S/c1-4-39-31(37)29-20(3)30(32(38)40-5-2)41-28(29)15-27(36)23(17-34)14-24-19-35(26-13-9-8-12-25(24)26)18-22-11-7-6-10-21(22)16-33/h6-14,19H,4-5,15,18H2,1-3H3/b23-14+. The van der Waals surface area contributed by atoms with Crippen molar-refractivity contribution in [2.24, 2.45) is 0 Å². The zero-order valence-electron chi connectivity index (χ0n) is 22.9. The van der Waals surface area contributed by atoms with Crippen molar-refractivity contribution in [1.82, 2.24) is 4.57 Å². The van der Waals surface area contributed by atoms with Gasteiger partial charge in [-0.05, 0) is 50.1 Å². The number of rotatable bonds is 10. The molecular formula is C32H27N3O5S. The minimum atomic E-state index is -0.636. The molecule has 0 atom stereocenters. The van der Waals surface area contributed by atoms with Gasteiger partial charge in [0.2, 0.25) is 0 Å². The lowest BCUT2D eigenvalue weighted by Crippen LogP contribution is -2.12. The Morgan fingerprint density at radius 1 is 0.976 bits per heavy atom. The molecule has 41 heavy (non-hydrogen) atoms. The fourth-order valence-electron chi connectivity index (χ4n) is 4.60. The largest absolute Gasteiger partial charge is 0.462 e. The lowest BCUT2D eigenvalue weighted by atomic mass is 10.0. The van der Waals surface area contributed by atoms with Crippen molar-refractivity contribution in [2.75, 3.05) is 13.2 Å². The van der Waals surface area contributed by atoms with Gasteiger partial charge in [-0.25, -0.2) is 9.59 Å². The van der Waals surface area contributed by atoms with E-state index in [1.54, 1.807) is 26.8 Å². The first kappa shape index (κ1) is 29.0. The monoisotopic (exact) mass is 565 g/mol. The van der Waals surface area contributed by atoms with Gasteiger partial charge in [0.15, 0.2) is 5.78 Å². The summed E-state index contributed by atoms with van der Waals surface area (Å²) in [4.78, 5) is 39.2. The van der Waals surface area contributed by atoms with Gasteiger partial charge in [0.05, 0.1) is 36.0 Å². The van der Waals surface area contributed by atoms with Crippen LogP contribution in [0.4, 0.5) is 0 Å². The summed E-state index contributed by atoms with van der Waals surface area (Å²) in [5, 5.41) is 20.3. The average Bonchev–Trinajstić information content (AvgIpc) is 3.48.